The normalized spacial score (nSPS) is 19.8. The van der Waals surface area contributed by atoms with Crippen LogP contribution in [0.4, 0.5) is 0 Å². The van der Waals surface area contributed by atoms with Crippen LogP contribution >= 0.6 is 0 Å². The van der Waals surface area contributed by atoms with Crippen molar-refractivity contribution in [2.24, 2.45) is 0 Å². The molecule has 10 heteroatoms. The van der Waals surface area contributed by atoms with Gasteiger partial charge in [0.15, 0.2) is 0 Å². The van der Waals surface area contributed by atoms with Gasteiger partial charge in [0, 0.05) is 0 Å². The van der Waals surface area contributed by atoms with Gasteiger partial charge in [-0.05, 0) is 0 Å². The van der Waals surface area contributed by atoms with Crippen molar-refractivity contribution in [1.82, 2.24) is 0 Å². The first-order valence-corrected chi connectivity index (χ1v) is 4.60. The lowest BCUT2D eigenvalue weighted by Gasteiger charge is -1.91. The third-order valence-corrected chi connectivity index (χ3v) is 2.05. The highest BCUT2D eigenvalue weighted by Gasteiger charge is 2.08. The van der Waals surface area contributed by atoms with E-state index in [9.17, 15) is 12.6 Å². The van der Waals surface area contributed by atoms with E-state index in [0.717, 1.165) is 0 Å². The molecule has 0 saturated carbocycles. The van der Waals surface area contributed by atoms with Crippen molar-refractivity contribution in [2.75, 3.05) is 0 Å². The first-order valence-electron chi connectivity index (χ1n) is 1.53. The lowest BCUT2D eigenvalue weighted by molar-refractivity contribution is 0.415. The molecular formula is H2O7S3. The third kappa shape index (κ3) is 6.41. The first-order chi connectivity index (χ1) is 4.52. The zero-order valence-electron chi connectivity index (χ0n) is 4.16. The van der Waals surface area contributed by atoms with Gasteiger partial charge in [-0.3, -0.25) is 9.11 Å². The summed E-state index contributed by atoms with van der Waals surface area (Å²) in [5.41, 5.74) is 0. The molecule has 10 heavy (non-hydrogen) atoms. The second-order valence-electron chi connectivity index (χ2n) is 0.774. The van der Waals surface area contributed by atoms with Crippen LogP contribution < -0.4 is 0 Å². The van der Waals surface area contributed by atoms with Crippen molar-refractivity contribution in [2.45, 2.75) is 0 Å². The maximum absolute atomic E-state index is 10.0. The van der Waals surface area contributed by atoms with E-state index >= 15 is 0 Å². The molecule has 0 aromatic heterocycles. The lowest BCUT2D eigenvalue weighted by atomic mass is 15.8. The quantitative estimate of drug-likeness (QED) is 0.565. The second kappa shape index (κ2) is 5.01. The minimum Gasteiger partial charge on any atom is -0.283 e. The van der Waals surface area contributed by atoms with Gasteiger partial charge in [0.25, 0.3) is 0 Å². The Morgan fingerprint density at radius 3 is 1.40 bits per heavy atom. The molecule has 0 spiro atoms. The Bertz CT molecular complexity index is 152. The van der Waals surface area contributed by atoms with Crippen molar-refractivity contribution in [1.29, 1.82) is 0 Å². The molecule has 7 nitrogen and oxygen atoms in total. The van der Waals surface area contributed by atoms with Crippen LogP contribution in [0.3, 0.4) is 0 Å². The highest BCUT2D eigenvalue weighted by atomic mass is 32.3. The highest BCUT2D eigenvalue weighted by Crippen LogP contribution is 1.92. The number of hydrogen-bond donors (Lipinski definition) is 2. The van der Waals surface area contributed by atoms with E-state index < -0.39 is 34.1 Å². The minimum atomic E-state index is -2.78. The fourth-order valence-electron chi connectivity index (χ4n) is 0.106. The Balaban J connectivity index is 3.65. The van der Waals surface area contributed by atoms with E-state index in [-0.39, 0.29) is 0 Å². The van der Waals surface area contributed by atoms with Gasteiger partial charge in [-0.2, -0.15) is 12.6 Å². The van der Waals surface area contributed by atoms with Gasteiger partial charge >= 0.3 is 34.1 Å². The van der Waals surface area contributed by atoms with Crippen molar-refractivity contribution >= 4 is 34.1 Å². The predicted molar refractivity (Wildman–Crippen MR) is 31.9 cm³/mol. The maximum Gasteiger partial charge on any atom is 0.336 e. The molecular weight excluding hydrogens is 208 g/mol. The third-order valence-electron chi connectivity index (χ3n) is 0.228. The molecule has 0 saturated heterocycles. The van der Waals surface area contributed by atoms with Gasteiger partial charge in [-0.15, -0.1) is 7.26 Å². The molecule has 0 radical (unpaired) electrons. The fraction of sp³-hybridized carbons (Fsp3) is 0. The van der Waals surface area contributed by atoms with Crippen molar-refractivity contribution in [3.63, 3.8) is 0 Å². The average Bonchev–Trinajstić information content (AvgIpc) is 1.58. The maximum atomic E-state index is 10.0. The van der Waals surface area contributed by atoms with Crippen LogP contribution in [-0.4, -0.2) is 21.7 Å². The van der Waals surface area contributed by atoms with Crippen molar-refractivity contribution in [3.8, 4) is 0 Å². The summed E-state index contributed by atoms with van der Waals surface area (Å²) in [7, 11) is 0. The molecule has 0 amide bonds. The first kappa shape index (κ1) is 10.3. The van der Waals surface area contributed by atoms with E-state index in [4.69, 9.17) is 9.11 Å². The summed E-state index contributed by atoms with van der Waals surface area (Å²) in [6, 6.07) is 0. The second-order valence-corrected chi connectivity index (χ2v) is 3.14. The highest BCUT2D eigenvalue weighted by molar-refractivity contribution is 7.93. The van der Waals surface area contributed by atoms with E-state index in [2.05, 4.69) is 7.26 Å². The predicted octanol–water partition coefficient (Wildman–Crippen LogP) is -1.13. The molecule has 0 rings (SSSR count). The molecule has 0 aliphatic rings. The summed E-state index contributed by atoms with van der Waals surface area (Å²) >= 11 is -8.25. The van der Waals surface area contributed by atoms with Crippen LogP contribution in [0.15, 0.2) is 0 Å². The molecule has 0 aromatic rings. The van der Waals surface area contributed by atoms with Gasteiger partial charge in [-0.1, -0.05) is 0 Å². The van der Waals surface area contributed by atoms with Crippen molar-refractivity contribution in [3.05, 3.63) is 0 Å². The zero-order chi connectivity index (χ0) is 8.15. The average molecular weight is 210 g/mol. The molecule has 0 aromatic carbocycles. The largest absolute Gasteiger partial charge is 0.336 e. The van der Waals surface area contributed by atoms with Crippen LogP contribution in [0.2, 0.25) is 0 Å². The fourth-order valence-corrected chi connectivity index (χ4v) is 1.16. The van der Waals surface area contributed by atoms with Crippen molar-refractivity contribution < 1.29 is 29.0 Å². The molecule has 2 unspecified atom stereocenters. The summed E-state index contributed by atoms with van der Waals surface area (Å²) in [5, 5.41) is 0. The Hall–Kier alpha value is 0.290. The standard InChI is InChI=1S/H2O7S3/c1-8(2)6-10(5)7-9(3)4/h(H,1,2)(H,3,4). The van der Waals surface area contributed by atoms with Gasteiger partial charge in [0.05, 0.1) is 0 Å². The van der Waals surface area contributed by atoms with Gasteiger partial charge in [0.2, 0.25) is 0 Å². The minimum absolute atomic E-state index is 2.68. The van der Waals surface area contributed by atoms with Gasteiger partial charge in [0.1, 0.15) is 0 Å². The molecule has 0 aliphatic carbocycles. The van der Waals surface area contributed by atoms with Crippen LogP contribution in [0, 0.1) is 0 Å². The Morgan fingerprint density at radius 2 is 1.20 bits per heavy atom. The summed E-state index contributed by atoms with van der Waals surface area (Å²) in [6.45, 7) is 0. The van der Waals surface area contributed by atoms with E-state index in [0.29, 0.717) is 0 Å². The lowest BCUT2D eigenvalue weighted by Crippen LogP contribution is -2.05. The molecule has 62 valence electrons. The zero-order valence-corrected chi connectivity index (χ0v) is 6.61. The smallest absolute Gasteiger partial charge is 0.283 e. The Kier molecular flexibility index (Phi) is 5.15. The van der Waals surface area contributed by atoms with E-state index in [1.165, 1.54) is 0 Å². The number of hydrogen-bond acceptors (Lipinski definition) is 5. The topological polar surface area (TPSA) is 110 Å². The van der Waals surface area contributed by atoms with Crippen LogP contribution in [0.5, 0.6) is 0 Å². The summed E-state index contributed by atoms with van der Waals surface area (Å²) in [6.07, 6.45) is 0. The molecule has 0 heterocycles. The van der Waals surface area contributed by atoms with E-state index in [1.54, 1.807) is 0 Å². The van der Waals surface area contributed by atoms with Crippen LogP contribution in [-0.2, 0) is 41.3 Å². The SMILES string of the molecule is O=S(O)OS(=O)OS(=O)O. The van der Waals surface area contributed by atoms with Gasteiger partial charge < -0.3 is 0 Å². The summed E-state index contributed by atoms with van der Waals surface area (Å²) in [5.74, 6) is 0. The molecule has 0 fully saturated rings. The van der Waals surface area contributed by atoms with Crippen LogP contribution in [0.25, 0.3) is 0 Å². The molecule has 0 aliphatic heterocycles. The molecule has 2 atom stereocenters. The monoisotopic (exact) mass is 210 g/mol. The molecule has 2 N–H and O–H groups in total. The number of rotatable bonds is 4. The van der Waals surface area contributed by atoms with Gasteiger partial charge in [-0.25, -0.2) is 0 Å². The Labute approximate surface area is 63.6 Å². The summed E-state index contributed by atoms with van der Waals surface area (Å²) < 4.78 is 51.9. The van der Waals surface area contributed by atoms with Crippen LogP contribution in [0.1, 0.15) is 0 Å². The molecule has 0 bridgehead atoms. The Morgan fingerprint density at radius 1 is 0.900 bits per heavy atom. The summed E-state index contributed by atoms with van der Waals surface area (Å²) in [4.78, 5) is 0. The van der Waals surface area contributed by atoms with E-state index in [1.807, 2.05) is 0 Å².